The molecular formula is C58H63FN8O13. The van der Waals surface area contributed by atoms with Crippen LogP contribution >= 0.6 is 0 Å². The van der Waals surface area contributed by atoms with Crippen molar-refractivity contribution in [2.75, 3.05) is 44.8 Å². The fourth-order valence-corrected chi connectivity index (χ4v) is 10.6. The third-order valence-electron chi connectivity index (χ3n) is 15.0. The van der Waals surface area contributed by atoms with Gasteiger partial charge in [0.05, 0.1) is 68.0 Å². The summed E-state index contributed by atoms with van der Waals surface area (Å²) in [6, 6.07) is 16.0. The first kappa shape index (κ1) is 56.5. The number of esters is 1. The molecule has 0 radical (unpaired) electrons. The summed E-state index contributed by atoms with van der Waals surface area (Å²) in [5.41, 5.74) is 8.92. The number of ether oxygens (including phenoxy) is 4. The van der Waals surface area contributed by atoms with Crippen molar-refractivity contribution in [3.05, 3.63) is 140 Å². The number of carbonyl (C=O) groups excluding carboxylic acids is 7. The molecule has 6 amide bonds. The maximum atomic E-state index is 15.5. The molecule has 4 aliphatic rings. The number of aryl methyl sites for hydroxylation is 1. The summed E-state index contributed by atoms with van der Waals surface area (Å²) in [5.74, 6) is -3.62. The van der Waals surface area contributed by atoms with E-state index in [-0.39, 0.29) is 89.5 Å². The number of hydrogen-bond acceptors (Lipinski definition) is 15. The number of benzene rings is 3. The number of imide groups is 1. The maximum absolute atomic E-state index is 15.5. The number of hydrogen-bond donors (Lipinski definition) is 6. The third-order valence-corrected chi connectivity index (χ3v) is 15.0. The van der Waals surface area contributed by atoms with Crippen molar-refractivity contribution in [3.63, 3.8) is 0 Å². The number of amides is 6. The van der Waals surface area contributed by atoms with Crippen LogP contribution in [0, 0.1) is 12.7 Å². The molecule has 22 heteroatoms. The van der Waals surface area contributed by atoms with Gasteiger partial charge in [-0.2, -0.15) is 0 Å². The number of anilines is 1. The van der Waals surface area contributed by atoms with Crippen LogP contribution in [0.1, 0.15) is 96.0 Å². The minimum Gasteiger partial charge on any atom is -0.458 e. The lowest BCUT2D eigenvalue weighted by Crippen LogP contribution is -2.53. The van der Waals surface area contributed by atoms with Gasteiger partial charge in [-0.3, -0.25) is 33.7 Å². The molecule has 0 fully saturated rings. The predicted molar refractivity (Wildman–Crippen MR) is 288 cm³/mol. The van der Waals surface area contributed by atoms with E-state index in [9.17, 15) is 43.5 Å². The highest BCUT2D eigenvalue weighted by Crippen LogP contribution is 2.46. The van der Waals surface area contributed by atoms with Gasteiger partial charge in [0.2, 0.25) is 17.7 Å². The number of fused-ring (bicyclic) bond motifs is 5. The zero-order valence-corrected chi connectivity index (χ0v) is 44.4. The van der Waals surface area contributed by atoms with E-state index < -0.39 is 76.7 Å². The van der Waals surface area contributed by atoms with Crippen molar-refractivity contribution in [2.24, 2.45) is 5.73 Å². The second kappa shape index (κ2) is 24.9. The topological polar surface area (TPSA) is 289 Å². The number of pyridine rings is 2. The van der Waals surface area contributed by atoms with Gasteiger partial charge in [-0.1, -0.05) is 49.4 Å². The molecule has 9 rings (SSSR count). The molecule has 0 bridgehead atoms. The molecule has 420 valence electrons. The molecule has 0 spiro atoms. The summed E-state index contributed by atoms with van der Waals surface area (Å²) < 4.78 is 38.9. The van der Waals surface area contributed by atoms with Gasteiger partial charge in [0, 0.05) is 53.3 Å². The minimum absolute atomic E-state index is 0.0280. The van der Waals surface area contributed by atoms with Crippen LogP contribution in [0.4, 0.5) is 14.9 Å². The molecule has 1 aliphatic carbocycles. The Balaban J connectivity index is 0.813. The number of halogens is 1. The van der Waals surface area contributed by atoms with Gasteiger partial charge in [-0.15, -0.1) is 0 Å². The van der Waals surface area contributed by atoms with Crippen molar-refractivity contribution in [1.82, 2.24) is 30.4 Å². The summed E-state index contributed by atoms with van der Waals surface area (Å²) in [6.45, 7) is 3.88. The molecule has 80 heavy (non-hydrogen) atoms. The fourth-order valence-electron chi connectivity index (χ4n) is 10.6. The second-order valence-corrected chi connectivity index (χ2v) is 20.1. The van der Waals surface area contributed by atoms with Gasteiger partial charge in [-0.05, 0) is 98.0 Å². The van der Waals surface area contributed by atoms with Crippen LogP contribution in [0.5, 0.6) is 0 Å². The minimum atomic E-state index is -2.04. The number of aliphatic hydroxyl groups is 1. The molecule has 5 aromatic rings. The Hall–Kier alpha value is -8.18. The van der Waals surface area contributed by atoms with Crippen molar-refractivity contribution >= 4 is 58.2 Å². The van der Waals surface area contributed by atoms with E-state index in [4.69, 9.17) is 29.7 Å². The highest BCUT2D eigenvalue weighted by Gasteiger charge is 2.46. The zero-order chi connectivity index (χ0) is 56.7. The third kappa shape index (κ3) is 12.2. The number of nitrogens with zero attached hydrogens (tertiary/aromatic N) is 3. The highest BCUT2D eigenvalue weighted by atomic mass is 19.1. The van der Waals surface area contributed by atoms with Gasteiger partial charge in [0.25, 0.3) is 17.4 Å². The fraction of sp³-hybridized carbons (Fsp3) is 0.397. The number of rotatable bonds is 24. The predicted octanol–water partition coefficient (Wildman–Crippen LogP) is 4.07. The Morgan fingerprint density at radius 2 is 1.62 bits per heavy atom. The smallest absolute Gasteiger partial charge is 0.407 e. The first-order valence-corrected chi connectivity index (χ1v) is 26.8. The summed E-state index contributed by atoms with van der Waals surface area (Å²) in [7, 11) is 0. The van der Waals surface area contributed by atoms with E-state index in [0.29, 0.717) is 82.5 Å². The van der Waals surface area contributed by atoms with Crippen molar-refractivity contribution < 1.29 is 62.0 Å². The van der Waals surface area contributed by atoms with Crippen LogP contribution in [0.2, 0.25) is 0 Å². The average molecular weight is 1100 g/mol. The molecule has 4 atom stereocenters. The number of cyclic esters (lactones) is 1. The monoisotopic (exact) mass is 1100 g/mol. The molecule has 5 heterocycles. The van der Waals surface area contributed by atoms with Crippen LogP contribution < -0.4 is 32.6 Å². The lowest BCUT2D eigenvalue weighted by atomic mass is 9.81. The number of aromatic nitrogens is 2. The largest absolute Gasteiger partial charge is 0.458 e. The number of carbonyl (C=O) groups is 7. The average Bonchev–Trinajstić information content (AvgIpc) is 4.00. The van der Waals surface area contributed by atoms with Crippen LogP contribution in [-0.2, 0) is 85.9 Å². The number of nitrogens with one attached hydrogen (secondary N) is 4. The molecule has 21 nitrogen and oxygen atoms in total. The molecule has 3 aromatic carbocycles. The molecular weight excluding hydrogens is 1040 g/mol. The second-order valence-electron chi connectivity index (χ2n) is 20.1. The Bertz CT molecular complexity index is 3310. The standard InChI is InChI=1S/C58H63FN8O13/c1-3-58(76)40-28-46-52-38(30-67(46)55(73)39(40)32-79-56(58)74)51-42(17-16-37-33(2)41(59)29-44(63-52)50(37)51)65-57(75)80-31-35-12-14-36(15-13-35)61-53(71)43(11-7-8-21-60)64-54(72)45(27-34-9-5-4-6-10-34)62-47(68)20-23-77-25-26-78-24-22-66-48(69)18-19-49(66)70/h4-6,9-10,12-15,18-19,28-29,42-43,45,76H,3,7-8,11,16-17,20-27,30-32,60H2,1-2H3,(H,61,71)(H,62,68)(H,64,72)(H,65,75)/t42-,43?,45-,58-/m0/s1. The Kier molecular flexibility index (Phi) is 17.6. The quantitative estimate of drug-likeness (QED) is 0.0283. The van der Waals surface area contributed by atoms with Gasteiger partial charge in [0.1, 0.15) is 31.1 Å². The Morgan fingerprint density at radius 3 is 2.35 bits per heavy atom. The van der Waals surface area contributed by atoms with E-state index in [1.54, 1.807) is 44.2 Å². The van der Waals surface area contributed by atoms with E-state index in [2.05, 4.69) is 21.3 Å². The molecule has 0 saturated carbocycles. The van der Waals surface area contributed by atoms with Gasteiger partial charge < -0.3 is 55.6 Å². The molecule has 1 unspecified atom stereocenters. The lowest BCUT2D eigenvalue weighted by Gasteiger charge is -2.31. The van der Waals surface area contributed by atoms with E-state index in [0.717, 1.165) is 16.0 Å². The van der Waals surface area contributed by atoms with Gasteiger partial charge in [0.15, 0.2) is 5.60 Å². The van der Waals surface area contributed by atoms with Crippen LogP contribution in [-0.4, -0.2) is 113 Å². The van der Waals surface area contributed by atoms with Crippen molar-refractivity contribution in [3.8, 4) is 11.4 Å². The van der Waals surface area contributed by atoms with Crippen molar-refractivity contribution in [2.45, 2.75) is 109 Å². The Labute approximate surface area is 459 Å². The number of unbranched alkanes of at least 4 members (excludes halogenated alkanes) is 1. The highest BCUT2D eigenvalue weighted by molar-refractivity contribution is 6.12. The van der Waals surface area contributed by atoms with Gasteiger partial charge in [-0.25, -0.2) is 19.0 Å². The van der Waals surface area contributed by atoms with E-state index >= 15 is 4.39 Å². The molecule has 2 aromatic heterocycles. The van der Waals surface area contributed by atoms with Crippen molar-refractivity contribution in [1.29, 1.82) is 0 Å². The van der Waals surface area contributed by atoms with E-state index in [1.807, 2.05) is 30.3 Å². The molecule has 0 saturated heterocycles. The SMILES string of the molecule is CC[C@@]1(O)C(=O)OCc2c1cc1n(c2=O)Cc2c-1nc1cc(F)c(C)c3c1c2[C@@H](NC(=O)OCc1ccc(NC(=O)C(CCCCN)NC(=O)[C@H](Cc2ccccc2)NC(=O)CCOCCOCCN2C(=O)C=CC2=O)cc1)CC3. The normalized spacial score (nSPS) is 17.5. The zero-order valence-electron chi connectivity index (χ0n) is 44.4. The van der Waals surface area contributed by atoms with Crippen LogP contribution in [0.3, 0.4) is 0 Å². The molecule has 3 aliphatic heterocycles. The maximum Gasteiger partial charge on any atom is 0.407 e. The number of nitrogens with two attached hydrogens (primary N) is 1. The van der Waals surface area contributed by atoms with E-state index in [1.165, 1.54) is 22.8 Å². The van der Waals surface area contributed by atoms with Crippen LogP contribution in [0.25, 0.3) is 22.3 Å². The van der Waals surface area contributed by atoms with Gasteiger partial charge >= 0.3 is 12.1 Å². The summed E-state index contributed by atoms with van der Waals surface area (Å²) in [6.07, 6.45) is 3.86. The summed E-state index contributed by atoms with van der Waals surface area (Å²) >= 11 is 0. The Morgan fingerprint density at radius 1 is 0.887 bits per heavy atom. The first-order valence-electron chi connectivity index (χ1n) is 26.8. The summed E-state index contributed by atoms with van der Waals surface area (Å²) in [5, 5.41) is 23.6. The lowest BCUT2D eigenvalue weighted by molar-refractivity contribution is -0.172. The first-order chi connectivity index (χ1) is 38.6. The van der Waals surface area contributed by atoms with Crippen LogP contribution in [0.15, 0.2) is 83.7 Å². The number of alkyl carbamates (subject to hydrolysis) is 1. The molecule has 7 N–H and O–H groups in total. The summed E-state index contributed by atoms with van der Waals surface area (Å²) in [4.78, 5) is 111.